The van der Waals surface area contributed by atoms with E-state index >= 15 is 0 Å². The number of rotatable bonds is 7. The first-order valence-electron chi connectivity index (χ1n) is 7.04. The van der Waals surface area contributed by atoms with Crippen LogP contribution in [0.25, 0.3) is 0 Å². The lowest BCUT2D eigenvalue weighted by molar-refractivity contribution is 0.0694. The van der Waals surface area contributed by atoms with Crippen molar-refractivity contribution in [1.29, 1.82) is 0 Å². The van der Waals surface area contributed by atoms with Crippen LogP contribution in [0, 0.1) is 0 Å². The molecule has 1 atom stereocenters. The van der Waals surface area contributed by atoms with Crippen molar-refractivity contribution in [3.63, 3.8) is 0 Å². The number of carbonyl (C=O) groups is 1. The summed E-state index contributed by atoms with van der Waals surface area (Å²) < 4.78 is 0. The van der Waals surface area contributed by atoms with Gasteiger partial charge in [-0.15, -0.1) is 11.6 Å². The van der Waals surface area contributed by atoms with E-state index in [9.17, 15) is 9.90 Å². The fraction of sp³-hybridized carbons (Fsp3) is 0.235. The van der Waals surface area contributed by atoms with E-state index in [2.05, 4.69) is 17.4 Å². The molecule has 3 N–H and O–H groups in total. The van der Waals surface area contributed by atoms with Crippen LogP contribution in [0.3, 0.4) is 0 Å². The number of phenols is 1. The zero-order chi connectivity index (χ0) is 15.9. The molecule has 0 fully saturated rings. The van der Waals surface area contributed by atoms with Crippen LogP contribution in [0.1, 0.15) is 22.3 Å². The summed E-state index contributed by atoms with van der Waals surface area (Å²) in [4.78, 5) is 11.0. The van der Waals surface area contributed by atoms with E-state index in [1.807, 2.05) is 18.2 Å². The molecule has 2 rings (SSSR count). The van der Waals surface area contributed by atoms with Crippen molar-refractivity contribution < 1.29 is 15.0 Å². The molecule has 2 aromatic carbocycles. The second-order valence-corrected chi connectivity index (χ2v) is 5.66. The number of anilines is 1. The highest BCUT2D eigenvalue weighted by atomic mass is 35.5. The molecule has 0 aliphatic rings. The van der Waals surface area contributed by atoms with Gasteiger partial charge in [0, 0.05) is 12.2 Å². The molecule has 5 heteroatoms. The molecular formula is C17H18ClNO3. The normalized spacial score (nSPS) is 11.9. The highest BCUT2D eigenvalue weighted by Gasteiger charge is 2.11. The molecular weight excluding hydrogens is 302 g/mol. The van der Waals surface area contributed by atoms with E-state index in [1.165, 1.54) is 17.7 Å². The average molecular weight is 320 g/mol. The number of hydrogen-bond donors (Lipinski definition) is 3. The van der Waals surface area contributed by atoms with Crippen LogP contribution in [-0.2, 0) is 6.42 Å². The van der Waals surface area contributed by atoms with Crippen LogP contribution in [0.15, 0.2) is 48.5 Å². The van der Waals surface area contributed by atoms with Crippen molar-refractivity contribution in [3.8, 4) is 5.75 Å². The van der Waals surface area contributed by atoms with Crippen molar-refractivity contribution in [2.75, 3.05) is 11.9 Å². The van der Waals surface area contributed by atoms with Gasteiger partial charge < -0.3 is 15.5 Å². The van der Waals surface area contributed by atoms with E-state index in [0.717, 1.165) is 12.8 Å². The van der Waals surface area contributed by atoms with Gasteiger partial charge in [0.1, 0.15) is 11.3 Å². The van der Waals surface area contributed by atoms with E-state index in [-0.39, 0.29) is 16.7 Å². The molecule has 0 heterocycles. The topological polar surface area (TPSA) is 69.6 Å². The van der Waals surface area contributed by atoms with Crippen LogP contribution in [0.5, 0.6) is 5.75 Å². The molecule has 22 heavy (non-hydrogen) atoms. The number of carboxylic acids is 1. The number of aromatic hydroxyl groups is 1. The smallest absolute Gasteiger partial charge is 0.339 e. The van der Waals surface area contributed by atoms with Gasteiger partial charge in [-0.05, 0) is 36.6 Å². The monoisotopic (exact) mass is 319 g/mol. The molecule has 0 saturated heterocycles. The third-order valence-electron chi connectivity index (χ3n) is 3.34. The Balaban J connectivity index is 1.84. The van der Waals surface area contributed by atoms with E-state index in [1.54, 1.807) is 6.07 Å². The fourth-order valence-electron chi connectivity index (χ4n) is 2.12. The standard InChI is InChI=1S/C17H18ClNO3/c18-13(7-6-12-4-2-1-3-5-12)11-19-14-8-9-16(20)15(10-14)17(21)22/h1-5,8-10,13,19-20H,6-7,11H2,(H,21,22). The van der Waals surface area contributed by atoms with Crippen molar-refractivity contribution in [3.05, 3.63) is 59.7 Å². The minimum absolute atomic E-state index is 0.0673. The van der Waals surface area contributed by atoms with Gasteiger partial charge in [0.15, 0.2) is 0 Å². The fourth-order valence-corrected chi connectivity index (χ4v) is 2.30. The second-order valence-electron chi connectivity index (χ2n) is 5.04. The van der Waals surface area contributed by atoms with E-state index in [4.69, 9.17) is 16.7 Å². The maximum atomic E-state index is 11.0. The quantitative estimate of drug-likeness (QED) is 0.537. The Kier molecular flexibility index (Phi) is 5.67. The number of benzene rings is 2. The van der Waals surface area contributed by atoms with Gasteiger partial charge >= 0.3 is 5.97 Å². The van der Waals surface area contributed by atoms with Gasteiger partial charge in [-0.3, -0.25) is 0 Å². The lowest BCUT2D eigenvalue weighted by atomic mass is 10.1. The minimum Gasteiger partial charge on any atom is -0.507 e. The molecule has 4 nitrogen and oxygen atoms in total. The van der Waals surface area contributed by atoms with Gasteiger partial charge in [-0.25, -0.2) is 4.79 Å². The second kappa shape index (κ2) is 7.71. The highest BCUT2D eigenvalue weighted by molar-refractivity contribution is 6.20. The number of hydrogen-bond acceptors (Lipinski definition) is 3. The van der Waals surface area contributed by atoms with Crippen molar-refractivity contribution >= 4 is 23.3 Å². The highest BCUT2D eigenvalue weighted by Crippen LogP contribution is 2.21. The van der Waals surface area contributed by atoms with E-state index in [0.29, 0.717) is 12.2 Å². The molecule has 2 aromatic rings. The molecule has 0 aromatic heterocycles. The van der Waals surface area contributed by atoms with E-state index < -0.39 is 5.97 Å². The summed E-state index contributed by atoms with van der Waals surface area (Å²) in [5, 5.41) is 21.5. The summed E-state index contributed by atoms with van der Waals surface area (Å²) in [7, 11) is 0. The maximum absolute atomic E-state index is 11.0. The molecule has 0 spiro atoms. The molecule has 0 amide bonds. The first-order valence-corrected chi connectivity index (χ1v) is 7.48. The first kappa shape index (κ1) is 16.2. The lowest BCUT2D eigenvalue weighted by Gasteiger charge is -2.13. The molecule has 0 aliphatic carbocycles. The Morgan fingerprint density at radius 2 is 1.91 bits per heavy atom. The zero-order valence-corrected chi connectivity index (χ0v) is 12.8. The Labute approximate surface area is 134 Å². The predicted molar refractivity (Wildman–Crippen MR) is 88.0 cm³/mol. The summed E-state index contributed by atoms with van der Waals surface area (Å²) in [5.41, 5.74) is 1.74. The number of nitrogens with one attached hydrogen (secondary N) is 1. The Morgan fingerprint density at radius 1 is 1.18 bits per heavy atom. The summed E-state index contributed by atoms with van der Waals surface area (Å²) in [6, 6.07) is 14.5. The number of halogens is 1. The van der Waals surface area contributed by atoms with Crippen molar-refractivity contribution in [2.45, 2.75) is 18.2 Å². The van der Waals surface area contributed by atoms with Crippen molar-refractivity contribution in [1.82, 2.24) is 0 Å². The SMILES string of the molecule is O=C(O)c1cc(NCC(Cl)CCc2ccccc2)ccc1O. The van der Waals surface area contributed by atoms with Gasteiger partial charge in [0.25, 0.3) is 0 Å². The average Bonchev–Trinajstić information content (AvgIpc) is 2.53. The first-order chi connectivity index (χ1) is 10.6. The van der Waals surface area contributed by atoms with Gasteiger partial charge in [0.05, 0.1) is 5.38 Å². The molecule has 0 saturated carbocycles. The van der Waals surface area contributed by atoms with Crippen LogP contribution >= 0.6 is 11.6 Å². The number of aromatic carboxylic acids is 1. The Hall–Kier alpha value is -2.20. The summed E-state index contributed by atoms with van der Waals surface area (Å²) >= 11 is 6.29. The molecule has 0 radical (unpaired) electrons. The largest absolute Gasteiger partial charge is 0.507 e. The third-order valence-corrected chi connectivity index (χ3v) is 3.72. The van der Waals surface area contributed by atoms with Crippen molar-refractivity contribution in [2.24, 2.45) is 0 Å². The van der Waals surface area contributed by atoms with Gasteiger partial charge in [0.2, 0.25) is 0 Å². The third kappa shape index (κ3) is 4.67. The minimum atomic E-state index is -1.16. The summed E-state index contributed by atoms with van der Waals surface area (Å²) in [6.07, 6.45) is 1.72. The lowest BCUT2D eigenvalue weighted by Crippen LogP contribution is -2.15. The molecule has 1 unspecified atom stereocenters. The Morgan fingerprint density at radius 3 is 2.59 bits per heavy atom. The summed E-state index contributed by atoms with van der Waals surface area (Å²) in [6.45, 7) is 0.526. The maximum Gasteiger partial charge on any atom is 0.339 e. The summed E-state index contributed by atoms with van der Waals surface area (Å²) in [5.74, 6) is -1.41. The molecule has 0 bridgehead atoms. The number of carboxylic acid groups (broad SMARTS) is 1. The molecule has 116 valence electrons. The number of aryl methyl sites for hydroxylation is 1. The van der Waals surface area contributed by atoms with Crippen LogP contribution in [0.4, 0.5) is 5.69 Å². The van der Waals surface area contributed by atoms with Crippen LogP contribution < -0.4 is 5.32 Å². The Bertz CT molecular complexity index is 631. The number of alkyl halides is 1. The predicted octanol–water partition coefficient (Wildman–Crippen LogP) is 3.74. The van der Waals surface area contributed by atoms with Gasteiger partial charge in [-0.2, -0.15) is 0 Å². The van der Waals surface area contributed by atoms with Crippen LogP contribution in [-0.4, -0.2) is 28.1 Å². The van der Waals surface area contributed by atoms with Gasteiger partial charge in [-0.1, -0.05) is 30.3 Å². The zero-order valence-electron chi connectivity index (χ0n) is 12.0. The van der Waals surface area contributed by atoms with Crippen LogP contribution in [0.2, 0.25) is 0 Å². The molecule has 0 aliphatic heterocycles.